The Kier molecular flexibility index (Phi) is 8.40. The topological polar surface area (TPSA) is 9.23 Å². The molecular weight excluding hydrogens is 356 g/mol. The number of hydrogen-bond acceptors (Lipinski definition) is 1. The van der Waals surface area contributed by atoms with E-state index in [1.165, 1.54) is 24.8 Å². The van der Waals surface area contributed by atoms with E-state index in [0.717, 1.165) is 42.2 Å². The summed E-state index contributed by atoms with van der Waals surface area (Å²) < 4.78 is 5.82. The van der Waals surface area contributed by atoms with E-state index < -0.39 is 8.07 Å². The van der Waals surface area contributed by atoms with Crippen molar-refractivity contribution in [2.75, 3.05) is 6.61 Å². The molecule has 28 heavy (non-hydrogen) atoms. The van der Waals surface area contributed by atoms with Crippen LogP contribution in [-0.4, -0.2) is 14.7 Å². The maximum Gasteiger partial charge on any atom is 0.145 e. The highest BCUT2D eigenvalue weighted by atomic mass is 28.3. The van der Waals surface area contributed by atoms with Crippen LogP contribution in [0.15, 0.2) is 30.3 Å². The Bertz CT molecular complexity index is 630. The van der Waals surface area contributed by atoms with Crippen molar-refractivity contribution in [3.05, 3.63) is 35.9 Å². The van der Waals surface area contributed by atoms with Gasteiger partial charge in [-0.2, -0.15) is 0 Å². The van der Waals surface area contributed by atoms with Crippen LogP contribution in [0.1, 0.15) is 79.7 Å². The molecule has 156 valence electrons. The number of rotatable bonds is 10. The van der Waals surface area contributed by atoms with Gasteiger partial charge in [0.1, 0.15) is 8.07 Å². The Labute approximate surface area is 175 Å². The summed E-state index contributed by atoms with van der Waals surface area (Å²) in [6, 6.07) is 10.5. The Hall–Kier alpha value is -1.04. The zero-order chi connectivity index (χ0) is 20.8. The van der Waals surface area contributed by atoms with E-state index in [4.69, 9.17) is 4.74 Å². The lowest BCUT2D eigenvalue weighted by Gasteiger charge is -2.38. The largest absolute Gasteiger partial charge is 0.377 e. The summed E-state index contributed by atoms with van der Waals surface area (Å²) in [7, 11) is -1.59. The van der Waals surface area contributed by atoms with Gasteiger partial charge in [0.2, 0.25) is 0 Å². The second-order valence-corrected chi connectivity index (χ2v) is 15.6. The summed E-state index contributed by atoms with van der Waals surface area (Å²) in [5, 5.41) is 0. The van der Waals surface area contributed by atoms with Gasteiger partial charge in [-0.25, -0.2) is 0 Å². The van der Waals surface area contributed by atoms with Gasteiger partial charge in [-0.3, -0.25) is 0 Å². The molecule has 0 N–H and O–H groups in total. The first kappa shape index (κ1) is 23.2. The van der Waals surface area contributed by atoms with E-state index in [2.05, 4.69) is 90.3 Å². The van der Waals surface area contributed by atoms with Gasteiger partial charge in [0.15, 0.2) is 0 Å². The second-order valence-electron chi connectivity index (χ2n) is 10.00. The Balaban J connectivity index is 1.77. The number of hydrogen-bond donors (Lipinski definition) is 0. The minimum absolute atomic E-state index is 0.280. The summed E-state index contributed by atoms with van der Waals surface area (Å²) >= 11 is 0. The van der Waals surface area contributed by atoms with Crippen LogP contribution in [0.3, 0.4) is 0 Å². The summed E-state index contributed by atoms with van der Waals surface area (Å²) in [4.78, 5) is 0. The predicted molar refractivity (Wildman–Crippen MR) is 125 cm³/mol. The normalized spacial score (nSPS) is 21.9. The summed E-state index contributed by atoms with van der Waals surface area (Å²) in [6.07, 6.45) is 5.02. The molecule has 1 fully saturated rings. The van der Waals surface area contributed by atoms with Crippen molar-refractivity contribution >= 4 is 8.07 Å². The third-order valence-corrected chi connectivity index (χ3v) is 13.3. The Morgan fingerprint density at radius 1 is 1.00 bits per heavy atom. The number of ether oxygens (including phenoxy) is 1. The first-order chi connectivity index (χ1) is 13.2. The maximum atomic E-state index is 5.82. The second kappa shape index (κ2) is 10.1. The maximum absolute atomic E-state index is 5.82. The smallest absolute Gasteiger partial charge is 0.145 e. The molecule has 0 unspecified atom stereocenters. The molecule has 0 heterocycles. The fourth-order valence-corrected chi connectivity index (χ4v) is 10.4. The molecular formula is C26H42OSi. The van der Waals surface area contributed by atoms with Crippen molar-refractivity contribution in [3.63, 3.8) is 0 Å². The molecule has 0 radical (unpaired) electrons. The minimum atomic E-state index is -1.59. The average molecular weight is 399 g/mol. The van der Waals surface area contributed by atoms with Crippen LogP contribution in [0, 0.1) is 22.8 Å². The fourth-order valence-electron chi connectivity index (χ4n) is 5.07. The SMILES string of the molecule is CC(C)[Si](C#C[C@@]1(C)C[C@@H]1CCCCOCc1ccccc1)(C(C)C)C(C)C. The molecule has 0 saturated heterocycles. The van der Waals surface area contributed by atoms with E-state index in [9.17, 15) is 0 Å². The molecule has 0 spiro atoms. The molecule has 2 atom stereocenters. The molecule has 1 aliphatic rings. The Morgan fingerprint density at radius 3 is 2.18 bits per heavy atom. The Morgan fingerprint density at radius 2 is 1.61 bits per heavy atom. The summed E-state index contributed by atoms with van der Waals surface area (Å²) in [6.45, 7) is 18.4. The molecule has 1 aromatic rings. The lowest BCUT2D eigenvalue weighted by Crippen LogP contribution is -2.43. The van der Waals surface area contributed by atoms with Crippen molar-refractivity contribution in [1.29, 1.82) is 0 Å². The van der Waals surface area contributed by atoms with Gasteiger partial charge >= 0.3 is 0 Å². The molecule has 2 heteroatoms. The minimum Gasteiger partial charge on any atom is -0.377 e. The third-order valence-electron chi connectivity index (χ3n) is 7.04. The van der Waals surface area contributed by atoms with Crippen LogP contribution in [0.2, 0.25) is 16.6 Å². The van der Waals surface area contributed by atoms with E-state index in [1.54, 1.807) is 0 Å². The molecule has 0 aromatic heterocycles. The van der Waals surface area contributed by atoms with Crippen molar-refractivity contribution in [2.45, 2.75) is 97.4 Å². The highest BCUT2D eigenvalue weighted by Gasteiger charge is 2.49. The fraction of sp³-hybridized carbons (Fsp3) is 0.692. The van der Waals surface area contributed by atoms with Crippen molar-refractivity contribution in [1.82, 2.24) is 0 Å². The molecule has 1 aliphatic carbocycles. The van der Waals surface area contributed by atoms with E-state index >= 15 is 0 Å². The third kappa shape index (κ3) is 5.74. The van der Waals surface area contributed by atoms with Crippen LogP contribution in [-0.2, 0) is 11.3 Å². The monoisotopic (exact) mass is 398 g/mol. The first-order valence-corrected chi connectivity index (χ1v) is 13.6. The van der Waals surface area contributed by atoms with Gasteiger partial charge in [0.25, 0.3) is 0 Å². The lowest BCUT2D eigenvalue weighted by molar-refractivity contribution is 0.116. The van der Waals surface area contributed by atoms with Crippen LogP contribution in [0.5, 0.6) is 0 Å². The average Bonchev–Trinajstić information content (AvgIpc) is 3.28. The number of unbranched alkanes of at least 4 members (excludes halogenated alkanes) is 1. The van der Waals surface area contributed by atoms with E-state index in [0.29, 0.717) is 0 Å². The van der Waals surface area contributed by atoms with Crippen molar-refractivity contribution in [3.8, 4) is 11.5 Å². The summed E-state index contributed by atoms with van der Waals surface area (Å²) in [5.74, 6) is 4.62. The highest BCUT2D eigenvalue weighted by molar-refractivity contribution is 6.90. The molecule has 1 saturated carbocycles. The van der Waals surface area contributed by atoms with Gasteiger partial charge in [0, 0.05) is 12.0 Å². The predicted octanol–water partition coefficient (Wildman–Crippen LogP) is 7.62. The van der Waals surface area contributed by atoms with E-state index in [-0.39, 0.29) is 5.41 Å². The summed E-state index contributed by atoms with van der Waals surface area (Å²) in [5.41, 5.74) is 7.67. The standard InChI is InChI=1S/C26H42OSi/c1-21(2)28(22(3)4,23(5)6)18-16-26(7)19-25(26)15-11-12-17-27-20-24-13-9-8-10-14-24/h8-10,13-14,21-23,25H,11-12,15,17,19-20H2,1-7H3/t25-,26-/m0/s1. The lowest BCUT2D eigenvalue weighted by atomic mass is 10.0. The van der Waals surface area contributed by atoms with Crippen LogP contribution < -0.4 is 0 Å². The molecule has 2 rings (SSSR count). The van der Waals surface area contributed by atoms with Gasteiger partial charge in [-0.1, -0.05) is 78.3 Å². The van der Waals surface area contributed by atoms with Gasteiger partial charge in [-0.05, 0) is 54.3 Å². The molecule has 0 aliphatic heterocycles. The zero-order valence-corrected chi connectivity index (χ0v) is 20.3. The van der Waals surface area contributed by atoms with Crippen LogP contribution in [0.4, 0.5) is 0 Å². The van der Waals surface area contributed by atoms with Crippen LogP contribution in [0.25, 0.3) is 0 Å². The zero-order valence-electron chi connectivity index (χ0n) is 19.3. The highest BCUT2D eigenvalue weighted by Crippen LogP contribution is 2.55. The van der Waals surface area contributed by atoms with Gasteiger partial charge < -0.3 is 4.74 Å². The van der Waals surface area contributed by atoms with Crippen LogP contribution >= 0.6 is 0 Å². The van der Waals surface area contributed by atoms with E-state index in [1.807, 2.05) is 0 Å². The van der Waals surface area contributed by atoms with Gasteiger partial charge in [0.05, 0.1) is 6.61 Å². The van der Waals surface area contributed by atoms with Crippen molar-refractivity contribution < 1.29 is 4.74 Å². The molecule has 1 aromatic carbocycles. The molecule has 0 bridgehead atoms. The first-order valence-electron chi connectivity index (χ1n) is 11.4. The molecule has 0 amide bonds. The molecule has 1 nitrogen and oxygen atoms in total. The van der Waals surface area contributed by atoms with Gasteiger partial charge in [-0.15, -0.1) is 11.5 Å². The quantitative estimate of drug-likeness (QED) is 0.224. The number of benzene rings is 1. The van der Waals surface area contributed by atoms with Crippen molar-refractivity contribution in [2.24, 2.45) is 11.3 Å².